The number of rotatable bonds is 5. The molecule has 0 aliphatic carbocycles. The van der Waals surface area contributed by atoms with E-state index >= 15 is 0 Å². The van der Waals surface area contributed by atoms with Gasteiger partial charge in [0.05, 0.1) is 16.5 Å². The van der Waals surface area contributed by atoms with Crippen LogP contribution >= 0.6 is 0 Å². The van der Waals surface area contributed by atoms with Crippen LogP contribution in [0.2, 0.25) is 0 Å². The van der Waals surface area contributed by atoms with E-state index in [1.165, 1.54) is 42.5 Å². The molecule has 1 unspecified atom stereocenters. The van der Waals surface area contributed by atoms with Crippen molar-refractivity contribution in [2.24, 2.45) is 0 Å². The Morgan fingerprint density at radius 3 is 2.41 bits per heavy atom. The summed E-state index contributed by atoms with van der Waals surface area (Å²) in [6, 6.07) is 9.86. The smallest absolute Gasteiger partial charge is 0.326 e. The number of anilines is 1. The maximum Gasteiger partial charge on any atom is 0.416 e. The molecule has 0 spiro atoms. The highest BCUT2D eigenvalue weighted by Crippen LogP contribution is 2.42. The van der Waals surface area contributed by atoms with Crippen LogP contribution in [0.15, 0.2) is 53.4 Å². The lowest BCUT2D eigenvalue weighted by molar-refractivity contribution is -0.138. The molecule has 0 bridgehead atoms. The monoisotopic (exact) mass is 426 g/mol. The van der Waals surface area contributed by atoms with Gasteiger partial charge in [0.25, 0.3) is 0 Å². The van der Waals surface area contributed by atoms with Crippen LogP contribution in [0.25, 0.3) is 0 Å². The summed E-state index contributed by atoms with van der Waals surface area (Å²) in [6.07, 6.45) is -3.49. The maximum absolute atomic E-state index is 13.4. The number of hydrogen-bond acceptors (Lipinski definition) is 3. The van der Waals surface area contributed by atoms with Gasteiger partial charge in [-0.3, -0.25) is 4.79 Å². The Morgan fingerprint density at radius 2 is 1.79 bits per heavy atom. The molecule has 5 nitrogen and oxygen atoms in total. The highest BCUT2D eigenvalue weighted by atomic mass is 32.2. The highest BCUT2D eigenvalue weighted by Gasteiger charge is 2.41. The second-order valence-electron chi connectivity index (χ2n) is 6.78. The van der Waals surface area contributed by atoms with E-state index in [4.69, 9.17) is 0 Å². The zero-order chi connectivity index (χ0) is 21.2. The molecule has 156 valence electrons. The Balaban J connectivity index is 1.92. The topological polar surface area (TPSA) is 66.5 Å². The van der Waals surface area contributed by atoms with Gasteiger partial charge in [0.2, 0.25) is 15.9 Å². The molecular weight excluding hydrogens is 405 g/mol. The lowest BCUT2D eigenvalue weighted by Crippen LogP contribution is -2.31. The van der Waals surface area contributed by atoms with Gasteiger partial charge in [-0.2, -0.15) is 17.5 Å². The Labute approximate surface area is 167 Å². The zero-order valence-corrected chi connectivity index (χ0v) is 16.6. The minimum absolute atomic E-state index is 0.0246. The van der Waals surface area contributed by atoms with Crippen LogP contribution in [-0.4, -0.2) is 25.2 Å². The van der Waals surface area contributed by atoms with Crippen LogP contribution < -0.4 is 5.32 Å². The molecule has 1 atom stereocenters. The molecule has 1 amide bonds. The fraction of sp³-hybridized carbons (Fsp3) is 0.350. The van der Waals surface area contributed by atoms with Crippen LogP contribution in [0, 0.1) is 0 Å². The molecule has 1 heterocycles. The first-order valence-corrected chi connectivity index (χ1v) is 10.7. The van der Waals surface area contributed by atoms with Gasteiger partial charge in [-0.05, 0) is 48.7 Å². The maximum atomic E-state index is 13.4. The van der Waals surface area contributed by atoms with E-state index in [1.807, 2.05) is 0 Å². The van der Waals surface area contributed by atoms with E-state index in [0.717, 1.165) is 10.4 Å². The van der Waals surface area contributed by atoms with E-state index in [9.17, 15) is 26.4 Å². The summed E-state index contributed by atoms with van der Waals surface area (Å²) in [5, 5.41) is 2.63. The Morgan fingerprint density at radius 1 is 1.14 bits per heavy atom. The Hall–Kier alpha value is -2.39. The molecule has 0 radical (unpaired) electrons. The number of alkyl halides is 3. The minimum Gasteiger partial charge on any atom is -0.326 e. The molecule has 2 aromatic carbocycles. The van der Waals surface area contributed by atoms with Crippen molar-refractivity contribution < 1.29 is 26.4 Å². The Kier molecular flexibility index (Phi) is 6.00. The van der Waals surface area contributed by atoms with Crippen molar-refractivity contribution in [1.82, 2.24) is 4.31 Å². The second kappa shape index (κ2) is 8.16. The molecule has 1 saturated heterocycles. The standard InChI is InChI=1S/C20H21F3N2O3S/c1-2-19(26)24-14-9-11-15(12-10-14)29(27,28)25-13-5-8-18(25)16-6-3-4-7-17(16)20(21,22)23/h3-4,6-7,9-12,18H,2,5,8,13H2,1H3,(H,24,26). The van der Waals surface area contributed by atoms with E-state index < -0.39 is 27.8 Å². The number of carbonyl (C=O) groups excluding carboxylic acids is 1. The van der Waals surface area contributed by atoms with Crippen LogP contribution in [0.1, 0.15) is 43.4 Å². The van der Waals surface area contributed by atoms with Crippen molar-refractivity contribution in [2.45, 2.75) is 43.3 Å². The first kappa shape index (κ1) is 21.3. The quantitative estimate of drug-likeness (QED) is 0.761. The minimum atomic E-state index is -4.56. The molecule has 2 aromatic rings. The summed E-state index contributed by atoms with van der Waals surface area (Å²) in [7, 11) is -4.00. The fourth-order valence-corrected chi connectivity index (χ4v) is 5.15. The summed E-state index contributed by atoms with van der Waals surface area (Å²) in [6.45, 7) is 1.84. The largest absolute Gasteiger partial charge is 0.416 e. The van der Waals surface area contributed by atoms with Crippen LogP contribution in [0.4, 0.5) is 18.9 Å². The van der Waals surface area contributed by atoms with Gasteiger partial charge in [0.1, 0.15) is 0 Å². The molecule has 0 saturated carbocycles. The lowest BCUT2D eigenvalue weighted by atomic mass is 9.99. The molecule has 1 aliphatic rings. The summed E-state index contributed by atoms with van der Waals surface area (Å²) in [5.41, 5.74) is -0.395. The third-order valence-corrected chi connectivity index (χ3v) is 6.82. The number of carbonyl (C=O) groups is 1. The first-order chi connectivity index (χ1) is 13.6. The average molecular weight is 426 g/mol. The third-order valence-electron chi connectivity index (χ3n) is 4.89. The number of benzene rings is 2. The molecule has 9 heteroatoms. The summed E-state index contributed by atoms with van der Waals surface area (Å²) in [5.74, 6) is -0.205. The van der Waals surface area contributed by atoms with E-state index in [0.29, 0.717) is 18.5 Å². The predicted octanol–water partition coefficient (Wildman–Crippen LogP) is 4.58. The van der Waals surface area contributed by atoms with Gasteiger partial charge < -0.3 is 5.32 Å². The number of nitrogens with one attached hydrogen (secondary N) is 1. The van der Waals surface area contributed by atoms with Crippen molar-refractivity contribution in [3.63, 3.8) is 0 Å². The van der Waals surface area contributed by atoms with Crippen molar-refractivity contribution in [1.29, 1.82) is 0 Å². The van der Waals surface area contributed by atoms with Gasteiger partial charge in [-0.1, -0.05) is 25.1 Å². The molecule has 29 heavy (non-hydrogen) atoms. The number of nitrogens with zero attached hydrogens (tertiary/aromatic N) is 1. The van der Waals surface area contributed by atoms with Crippen LogP contribution in [-0.2, 0) is 21.0 Å². The van der Waals surface area contributed by atoms with Crippen molar-refractivity contribution >= 4 is 21.6 Å². The number of halogens is 3. The lowest BCUT2D eigenvalue weighted by Gasteiger charge is -2.26. The number of amides is 1. The molecule has 1 N–H and O–H groups in total. The van der Waals surface area contributed by atoms with Crippen molar-refractivity contribution in [2.75, 3.05) is 11.9 Å². The predicted molar refractivity (Wildman–Crippen MR) is 103 cm³/mol. The molecule has 1 fully saturated rings. The second-order valence-corrected chi connectivity index (χ2v) is 8.68. The van der Waals surface area contributed by atoms with E-state index in [1.54, 1.807) is 6.92 Å². The number of hydrogen-bond donors (Lipinski definition) is 1. The van der Waals surface area contributed by atoms with Gasteiger partial charge >= 0.3 is 6.18 Å². The van der Waals surface area contributed by atoms with Crippen LogP contribution in [0.5, 0.6) is 0 Å². The van der Waals surface area contributed by atoms with Gasteiger partial charge in [0.15, 0.2) is 0 Å². The highest BCUT2D eigenvalue weighted by molar-refractivity contribution is 7.89. The summed E-state index contributed by atoms with van der Waals surface area (Å²) < 4.78 is 67.7. The van der Waals surface area contributed by atoms with Crippen molar-refractivity contribution in [3.8, 4) is 0 Å². The average Bonchev–Trinajstić information content (AvgIpc) is 3.18. The summed E-state index contributed by atoms with van der Waals surface area (Å²) in [4.78, 5) is 11.4. The molecule has 0 aromatic heterocycles. The molecule has 1 aliphatic heterocycles. The fourth-order valence-electron chi connectivity index (χ4n) is 3.48. The van der Waals surface area contributed by atoms with Gasteiger partial charge in [-0.25, -0.2) is 8.42 Å². The van der Waals surface area contributed by atoms with Crippen molar-refractivity contribution in [3.05, 3.63) is 59.7 Å². The number of sulfonamides is 1. The zero-order valence-electron chi connectivity index (χ0n) is 15.7. The van der Waals surface area contributed by atoms with E-state index in [2.05, 4.69) is 5.32 Å². The summed E-state index contributed by atoms with van der Waals surface area (Å²) >= 11 is 0. The Bertz CT molecular complexity index is 989. The normalized spacial score (nSPS) is 18.0. The van der Waals surface area contributed by atoms with Gasteiger partial charge in [0, 0.05) is 18.7 Å². The molecule has 3 rings (SSSR count). The first-order valence-electron chi connectivity index (χ1n) is 9.22. The van der Waals surface area contributed by atoms with E-state index in [-0.39, 0.29) is 29.3 Å². The van der Waals surface area contributed by atoms with Crippen LogP contribution in [0.3, 0.4) is 0 Å². The van der Waals surface area contributed by atoms with Gasteiger partial charge in [-0.15, -0.1) is 0 Å². The SMILES string of the molecule is CCC(=O)Nc1ccc(S(=O)(=O)N2CCCC2c2ccccc2C(F)(F)F)cc1. The molecular formula is C20H21F3N2O3S. The third kappa shape index (κ3) is 4.45.